The molecule has 0 aliphatic heterocycles. The Kier molecular flexibility index (Phi) is 6.46. The summed E-state index contributed by atoms with van der Waals surface area (Å²) in [5.41, 5.74) is 2.14. The first-order valence-electron chi connectivity index (χ1n) is 8.53. The molecule has 1 amide bonds. The molecule has 0 saturated carbocycles. The number of rotatable bonds is 8. The van der Waals surface area contributed by atoms with E-state index in [-0.39, 0.29) is 5.91 Å². The first kappa shape index (κ1) is 18.9. The van der Waals surface area contributed by atoms with Crippen LogP contribution in [0.1, 0.15) is 22.8 Å². The number of nitrogens with zero attached hydrogens (tertiary/aromatic N) is 2. The van der Waals surface area contributed by atoms with Gasteiger partial charge in [0.15, 0.2) is 0 Å². The summed E-state index contributed by atoms with van der Waals surface area (Å²) >= 11 is 5.85. The highest BCUT2D eigenvalue weighted by atomic mass is 35.5. The monoisotopic (exact) mass is 385 g/mol. The Morgan fingerprint density at radius 3 is 2.59 bits per heavy atom. The molecule has 0 aliphatic carbocycles. The largest absolute Gasteiger partial charge is 0.489 e. The summed E-state index contributed by atoms with van der Waals surface area (Å²) in [5, 5.41) is 7.61. The lowest BCUT2D eigenvalue weighted by Gasteiger charge is -2.07. The predicted molar refractivity (Wildman–Crippen MR) is 104 cm³/mol. The fourth-order valence-corrected chi connectivity index (χ4v) is 2.46. The third kappa shape index (κ3) is 5.57. The van der Waals surface area contributed by atoms with Crippen LogP contribution in [-0.4, -0.2) is 22.3 Å². The van der Waals surface area contributed by atoms with Crippen molar-refractivity contribution in [2.24, 2.45) is 0 Å². The molecule has 7 heteroatoms. The molecule has 1 heterocycles. The lowest BCUT2D eigenvalue weighted by atomic mass is 10.1. The predicted octanol–water partition coefficient (Wildman–Crippen LogP) is 4.36. The zero-order valence-corrected chi connectivity index (χ0v) is 15.6. The Labute approximate surface area is 162 Å². The fourth-order valence-electron chi connectivity index (χ4n) is 2.34. The maximum absolute atomic E-state index is 12.3. The number of hydrogen-bond donors (Lipinski definition) is 1. The SMILES string of the molecule is CCOCn1cc(NC(=O)c2ccc(COc3ccc(Cl)cc3)cc2)cn1. The van der Waals surface area contributed by atoms with E-state index in [1.807, 2.05) is 31.2 Å². The number of benzene rings is 2. The molecular weight excluding hydrogens is 366 g/mol. The molecule has 2 aromatic carbocycles. The van der Waals surface area contributed by atoms with Crippen LogP contribution in [0.15, 0.2) is 60.9 Å². The number of nitrogens with one attached hydrogen (secondary N) is 1. The Hall–Kier alpha value is -2.83. The third-order valence-corrected chi connectivity index (χ3v) is 4.01. The number of carbonyl (C=O) groups excluding carboxylic acids is 1. The number of anilines is 1. The molecule has 27 heavy (non-hydrogen) atoms. The normalized spacial score (nSPS) is 10.6. The van der Waals surface area contributed by atoms with Crippen molar-refractivity contribution in [1.29, 1.82) is 0 Å². The number of amides is 1. The number of carbonyl (C=O) groups is 1. The third-order valence-electron chi connectivity index (χ3n) is 3.75. The molecule has 140 valence electrons. The topological polar surface area (TPSA) is 65.4 Å². The summed E-state index contributed by atoms with van der Waals surface area (Å²) in [7, 11) is 0. The van der Waals surface area contributed by atoms with Gasteiger partial charge in [-0.15, -0.1) is 0 Å². The highest BCUT2D eigenvalue weighted by Crippen LogP contribution is 2.17. The van der Waals surface area contributed by atoms with Crippen LogP contribution in [0, 0.1) is 0 Å². The Morgan fingerprint density at radius 1 is 1.15 bits per heavy atom. The molecule has 0 saturated heterocycles. The van der Waals surface area contributed by atoms with Crippen molar-refractivity contribution in [1.82, 2.24) is 9.78 Å². The van der Waals surface area contributed by atoms with E-state index in [1.165, 1.54) is 0 Å². The molecule has 3 rings (SSSR count). The lowest BCUT2D eigenvalue weighted by molar-refractivity contribution is 0.0792. The highest BCUT2D eigenvalue weighted by Gasteiger charge is 2.08. The lowest BCUT2D eigenvalue weighted by Crippen LogP contribution is -2.11. The minimum atomic E-state index is -0.198. The molecule has 0 unspecified atom stereocenters. The van der Waals surface area contributed by atoms with Crippen LogP contribution in [0.2, 0.25) is 5.02 Å². The fraction of sp³-hybridized carbons (Fsp3) is 0.200. The molecular formula is C20H20ClN3O3. The first-order valence-corrected chi connectivity index (χ1v) is 8.90. The standard InChI is InChI=1S/C20H20ClN3O3/c1-2-26-14-24-12-18(11-22-24)23-20(25)16-5-3-15(4-6-16)13-27-19-9-7-17(21)8-10-19/h3-12H,2,13-14H2,1H3,(H,23,25). The van der Waals surface area contributed by atoms with Crippen LogP contribution in [-0.2, 0) is 18.1 Å². The summed E-state index contributed by atoms with van der Waals surface area (Å²) in [6, 6.07) is 14.4. The van der Waals surface area contributed by atoms with Crippen LogP contribution in [0.4, 0.5) is 5.69 Å². The maximum Gasteiger partial charge on any atom is 0.255 e. The van der Waals surface area contributed by atoms with E-state index >= 15 is 0 Å². The second kappa shape index (κ2) is 9.21. The molecule has 0 radical (unpaired) electrons. The van der Waals surface area contributed by atoms with Gasteiger partial charge < -0.3 is 14.8 Å². The van der Waals surface area contributed by atoms with Gasteiger partial charge in [0.2, 0.25) is 0 Å². The Morgan fingerprint density at radius 2 is 1.89 bits per heavy atom. The van der Waals surface area contributed by atoms with Crippen molar-refractivity contribution in [3.8, 4) is 5.75 Å². The number of halogens is 1. The van der Waals surface area contributed by atoms with Gasteiger partial charge in [0.1, 0.15) is 19.1 Å². The van der Waals surface area contributed by atoms with Gasteiger partial charge in [0.25, 0.3) is 5.91 Å². The van der Waals surface area contributed by atoms with E-state index in [4.69, 9.17) is 21.1 Å². The average Bonchev–Trinajstić information content (AvgIpc) is 3.13. The molecule has 1 N–H and O–H groups in total. The van der Waals surface area contributed by atoms with E-state index in [2.05, 4.69) is 10.4 Å². The van der Waals surface area contributed by atoms with Crippen molar-refractivity contribution in [3.05, 3.63) is 77.1 Å². The van der Waals surface area contributed by atoms with Gasteiger partial charge in [-0.25, -0.2) is 4.68 Å². The van der Waals surface area contributed by atoms with Gasteiger partial charge >= 0.3 is 0 Å². The first-order chi connectivity index (χ1) is 13.1. The maximum atomic E-state index is 12.3. The zero-order chi connectivity index (χ0) is 19.1. The minimum Gasteiger partial charge on any atom is -0.489 e. The van der Waals surface area contributed by atoms with Gasteiger partial charge in [-0.3, -0.25) is 4.79 Å². The van der Waals surface area contributed by atoms with E-state index in [9.17, 15) is 4.79 Å². The van der Waals surface area contributed by atoms with Crippen LogP contribution in [0.3, 0.4) is 0 Å². The van der Waals surface area contributed by atoms with Crippen LogP contribution in [0.25, 0.3) is 0 Å². The zero-order valence-electron chi connectivity index (χ0n) is 14.9. The van der Waals surface area contributed by atoms with E-state index in [1.54, 1.807) is 41.3 Å². The van der Waals surface area contributed by atoms with Gasteiger partial charge in [0.05, 0.1) is 18.1 Å². The van der Waals surface area contributed by atoms with Crippen molar-refractivity contribution >= 4 is 23.2 Å². The van der Waals surface area contributed by atoms with Gasteiger partial charge in [-0.05, 0) is 48.9 Å². The number of hydrogen-bond acceptors (Lipinski definition) is 4. The molecule has 1 aromatic heterocycles. The smallest absolute Gasteiger partial charge is 0.255 e. The second-order valence-corrected chi connectivity index (χ2v) is 6.22. The summed E-state index contributed by atoms with van der Waals surface area (Å²) in [6.45, 7) is 3.29. The van der Waals surface area contributed by atoms with Crippen molar-refractivity contribution in [3.63, 3.8) is 0 Å². The number of ether oxygens (including phenoxy) is 2. The van der Waals surface area contributed by atoms with Crippen molar-refractivity contribution < 1.29 is 14.3 Å². The molecule has 6 nitrogen and oxygen atoms in total. The molecule has 0 bridgehead atoms. The summed E-state index contributed by atoms with van der Waals surface area (Å²) in [4.78, 5) is 12.3. The van der Waals surface area contributed by atoms with Crippen molar-refractivity contribution in [2.75, 3.05) is 11.9 Å². The summed E-state index contributed by atoms with van der Waals surface area (Å²) < 4.78 is 12.6. The molecule has 3 aromatic rings. The second-order valence-electron chi connectivity index (χ2n) is 5.78. The average molecular weight is 386 g/mol. The molecule has 0 fully saturated rings. The van der Waals surface area contributed by atoms with Crippen LogP contribution < -0.4 is 10.1 Å². The van der Waals surface area contributed by atoms with E-state index in [0.29, 0.717) is 36.2 Å². The summed E-state index contributed by atoms with van der Waals surface area (Å²) in [6.07, 6.45) is 3.31. The highest BCUT2D eigenvalue weighted by molar-refractivity contribution is 6.30. The van der Waals surface area contributed by atoms with Gasteiger partial charge in [-0.1, -0.05) is 23.7 Å². The van der Waals surface area contributed by atoms with E-state index in [0.717, 1.165) is 11.3 Å². The van der Waals surface area contributed by atoms with Crippen LogP contribution >= 0.6 is 11.6 Å². The van der Waals surface area contributed by atoms with Gasteiger partial charge in [-0.2, -0.15) is 5.10 Å². The quantitative estimate of drug-likeness (QED) is 0.625. The molecule has 0 aliphatic rings. The van der Waals surface area contributed by atoms with Gasteiger partial charge in [0, 0.05) is 17.2 Å². The molecule has 0 spiro atoms. The molecule has 0 atom stereocenters. The Balaban J connectivity index is 1.53. The van der Waals surface area contributed by atoms with Crippen LogP contribution in [0.5, 0.6) is 5.75 Å². The Bertz CT molecular complexity index is 876. The van der Waals surface area contributed by atoms with E-state index < -0.39 is 0 Å². The summed E-state index contributed by atoms with van der Waals surface area (Å²) in [5.74, 6) is 0.543. The van der Waals surface area contributed by atoms with Crippen molar-refractivity contribution in [2.45, 2.75) is 20.3 Å². The minimum absolute atomic E-state index is 0.198. The number of aromatic nitrogens is 2.